The Morgan fingerprint density at radius 1 is 1.04 bits per heavy atom. The zero-order valence-corrected chi connectivity index (χ0v) is 14.7. The summed E-state index contributed by atoms with van der Waals surface area (Å²) in [7, 11) is 0. The first-order valence-corrected chi connectivity index (χ1v) is 9.69. The van der Waals surface area contributed by atoms with Crippen LogP contribution in [-0.2, 0) is 9.53 Å². The third kappa shape index (κ3) is 1.62. The van der Waals surface area contributed by atoms with E-state index in [0.717, 1.165) is 25.2 Å². The summed E-state index contributed by atoms with van der Waals surface area (Å²) < 4.78 is 5.89. The highest BCUT2D eigenvalue weighted by Crippen LogP contribution is 2.69. The average molecular weight is 318 g/mol. The molecule has 9 atom stereocenters. The maximum absolute atomic E-state index is 12.2. The van der Waals surface area contributed by atoms with Gasteiger partial charge in [0.1, 0.15) is 6.10 Å². The largest absolute Gasteiger partial charge is 0.390 e. The van der Waals surface area contributed by atoms with Gasteiger partial charge in [-0.25, -0.2) is 0 Å². The number of fused-ring (bicyclic) bond motifs is 7. The number of rotatable bonds is 0. The van der Waals surface area contributed by atoms with Crippen LogP contribution >= 0.6 is 0 Å². The summed E-state index contributed by atoms with van der Waals surface area (Å²) in [6, 6.07) is 0. The highest BCUT2D eigenvalue weighted by Gasteiger charge is 2.70. The SMILES string of the molecule is C[C@]12[C@@H](CC[C@@H]3[C@@H]1CC[C@@]1(C)[C@H]3CC[C@]1(C)O)CC(=O)[C@H]1O[C@H]12. The van der Waals surface area contributed by atoms with Crippen molar-refractivity contribution in [1.82, 2.24) is 0 Å². The van der Waals surface area contributed by atoms with Gasteiger partial charge in [-0.3, -0.25) is 4.79 Å². The van der Waals surface area contributed by atoms with E-state index in [1.807, 2.05) is 0 Å². The zero-order chi connectivity index (χ0) is 16.2. The molecule has 0 spiro atoms. The molecule has 5 fully saturated rings. The molecule has 5 aliphatic rings. The molecule has 0 bridgehead atoms. The molecule has 0 aromatic heterocycles. The first kappa shape index (κ1) is 14.9. The lowest BCUT2D eigenvalue weighted by Gasteiger charge is -2.60. The van der Waals surface area contributed by atoms with E-state index in [1.165, 1.54) is 25.7 Å². The maximum atomic E-state index is 12.2. The van der Waals surface area contributed by atoms with Gasteiger partial charge in [0.25, 0.3) is 0 Å². The molecule has 0 radical (unpaired) electrons. The molecule has 23 heavy (non-hydrogen) atoms. The van der Waals surface area contributed by atoms with E-state index >= 15 is 0 Å². The lowest BCUT2D eigenvalue weighted by molar-refractivity contribution is -0.150. The van der Waals surface area contributed by atoms with Crippen molar-refractivity contribution in [1.29, 1.82) is 0 Å². The molecule has 4 aliphatic carbocycles. The lowest BCUT2D eigenvalue weighted by Crippen LogP contribution is -2.58. The topological polar surface area (TPSA) is 49.8 Å². The first-order valence-electron chi connectivity index (χ1n) is 9.69. The van der Waals surface area contributed by atoms with E-state index in [0.29, 0.717) is 23.5 Å². The first-order chi connectivity index (χ1) is 10.8. The summed E-state index contributed by atoms with van der Waals surface area (Å²) in [6.07, 6.45) is 7.80. The van der Waals surface area contributed by atoms with Crippen LogP contribution in [0.15, 0.2) is 0 Å². The average Bonchev–Trinajstić information content (AvgIpc) is 3.25. The molecular formula is C20H30O3. The molecule has 1 saturated heterocycles. The van der Waals surface area contributed by atoms with Gasteiger partial charge in [0.05, 0.1) is 11.7 Å². The van der Waals surface area contributed by atoms with Crippen molar-refractivity contribution in [2.24, 2.45) is 34.5 Å². The van der Waals surface area contributed by atoms with Gasteiger partial charge in [-0.1, -0.05) is 13.8 Å². The quantitative estimate of drug-likeness (QED) is 0.697. The Morgan fingerprint density at radius 2 is 1.78 bits per heavy atom. The number of hydrogen-bond acceptors (Lipinski definition) is 3. The van der Waals surface area contributed by atoms with Crippen LogP contribution in [0.4, 0.5) is 0 Å². The van der Waals surface area contributed by atoms with E-state index in [-0.39, 0.29) is 23.0 Å². The van der Waals surface area contributed by atoms with Gasteiger partial charge >= 0.3 is 0 Å². The number of aliphatic hydroxyl groups is 1. The third-order valence-corrected chi connectivity index (χ3v) is 9.40. The minimum atomic E-state index is -0.498. The Bertz CT molecular complexity index is 569. The fraction of sp³-hybridized carbons (Fsp3) is 0.950. The van der Waals surface area contributed by atoms with Gasteiger partial charge in [-0.2, -0.15) is 0 Å². The number of ketones is 1. The van der Waals surface area contributed by atoms with Crippen molar-refractivity contribution in [3.05, 3.63) is 0 Å². The fourth-order valence-corrected chi connectivity index (χ4v) is 7.67. The predicted octanol–water partition coefficient (Wildman–Crippen LogP) is 3.34. The van der Waals surface area contributed by atoms with Crippen LogP contribution < -0.4 is 0 Å². The Labute approximate surface area is 139 Å². The smallest absolute Gasteiger partial charge is 0.164 e. The molecule has 5 rings (SSSR count). The molecule has 4 saturated carbocycles. The minimum absolute atomic E-state index is 0.0741. The second kappa shape index (κ2) is 4.22. The molecule has 1 heterocycles. The second-order valence-electron chi connectivity index (χ2n) is 9.93. The molecule has 3 nitrogen and oxygen atoms in total. The van der Waals surface area contributed by atoms with Crippen molar-refractivity contribution >= 4 is 5.78 Å². The number of Topliss-reactive ketones (excluding diaryl/α,β-unsaturated/α-hetero) is 1. The van der Waals surface area contributed by atoms with E-state index in [4.69, 9.17) is 4.74 Å². The summed E-state index contributed by atoms with van der Waals surface area (Å²) in [4.78, 5) is 12.2. The van der Waals surface area contributed by atoms with Gasteiger partial charge in [-0.05, 0) is 74.5 Å². The van der Waals surface area contributed by atoms with Gasteiger partial charge in [-0.15, -0.1) is 0 Å². The summed E-state index contributed by atoms with van der Waals surface area (Å²) in [5.74, 6) is 2.97. The van der Waals surface area contributed by atoms with Crippen LogP contribution in [0.1, 0.15) is 65.7 Å². The normalized spacial score (nSPS) is 63.7. The van der Waals surface area contributed by atoms with Crippen molar-refractivity contribution in [3.63, 3.8) is 0 Å². The minimum Gasteiger partial charge on any atom is -0.390 e. The fourth-order valence-electron chi connectivity index (χ4n) is 7.67. The van der Waals surface area contributed by atoms with Crippen molar-refractivity contribution in [2.45, 2.75) is 83.5 Å². The standard InChI is InChI=1S/C20H30O3/c1-18-8-6-14-12(13(18)7-9-19(18,2)22)5-4-11-10-15(21)16-17(23-16)20(11,14)3/h11-14,16-17,22H,4-10H2,1-3H3/t11-,12-,13-,14-,16+,17+,18-,19-,20-/m0/s1. The molecule has 0 unspecified atom stereocenters. The van der Waals surface area contributed by atoms with Crippen LogP contribution in [0, 0.1) is 34.5 Å². The maximum Gasteiger partial charge on any atom is 0.164 e. The van der Waals surface area contributed by atoms with Gasteiger partial charge in [0.2, 0.25) is 0 Å². The van der Waals surface area contributed by atoms with Gasteiger partial charge in [0, 0.05) is 11.8 Å². The van der Waals surface area contributed by atoms with Crippen molar-refractivity contribution < 1.29 is 14.6 Å². The zero-order valence-electron chi connectivity index (χ0n) is 14.7. The number of epoxide rings is 1. The number of carbonyl (C=O) groups excluding carboxylic acids is 1. The second-order valence-corrected chi connectivity index (χ2v) is 9.93. The van der Waals surface area contributed by atoms with Gasteiger partial charge < -0.3 is 9.84 Å². The summed E-state index contributed by atoms with van der Waals surface area (Å²) in [6.45, 7) is 6.84. The Hall–Kier alpha value is -0.410. The Kier molecular flexibility index (Phi) is 2.73. The Morgan fingerprint density at radius 3 is 2.57 bits per heavy atom. The highest BCUT2D eigenvalue weighted by atomic mass is 16.6. The molecule has 0 amide bonds. The summed E-state index contributed by atoms with van der Waals surface area (Å²) >= 11 is 0. The molecule has 3 heteroatoms. The molecule has 0 aromatic rings. The van der Waals surface area contributed by atoms with Crippen LogP contribution in [0.3, 0.4) is 0 Å². The summed E-state index contributed by atoms with van der Waals surface area (Å²) in [5, 5.41) is 11.0. The number of ether oxygens (including phenoxy) is 1. The lowest BCUT2D eigenvalue weighted by atomic mass is 9.44. The monoisotopic (exact) mass is 318 g/mol. The van der Waals surface area contributed by atoms with Gasteiger partial charge in [0.15, 0.2) is 5.78 Å². The Balaban J connectivity index is 1.50. The molecule has 0 aromatic carbocycles. The number of carbonyl (C=O) groups is 1. The van der Waals surface area contributed by atoms with Crippen LogP contribution in [0.5, 0.6) is 0 Å². The molecule has 1 N–H and O–H groups in total. The van der Waals surface area contributed by atoms with Crippen LogP contribution in [0.25, 0.3) is 0 Å². The van der Waals surface area contributed by atoms with Crippen LogP contribution in [0.2, 0.25) is 0 Å². The van der Waals surface area contributed by atoms with E-state index in [1.54, 1.807) is 0 Å². The summed E-state index contributed by atoms with van der Waals surface area (Å²) in [5.41, 5.74) is -0.204. The van der Waals surface area contributed by atoms with Crippen molar-refractivity contribution in [3.8, 4) is 0 Å². The highest BCUT2D eigenvalue weighted by molar-refractivity contribution is 5.87. The molecule has 128 valence electrons. The van der Waals surface area contributed by atoms with Crippen molar-refractivity contribution in [2.75, 3.05) is 0 Å². The molecule has 1 aliphatic heterocycles. The van der Waals surface area contributed by atoms with E-state index in [9.17, 15) is 9.90 Å². The number of hydrogen-bond donors (Lipinski definition) is 1. The molecular weight excluding hydrogens is 288 g/mol. The predicted molar refractivity (Wildman–Crippen MR) is 86.8 cm³/mol. The third-order valence-electron chi connectivity index (χ3n) is 9.40. The van der Waals surface area contributed by atoms with E-state index in [2.05, 4.69) is 20.8 Å². The van der Waals surface area contributed by atoms with Crippen LogP contribution in [-0.4, -0.2) is 28.7 Å². The van der Waals surface area contributed by atoms with E-state index < -0.39 is 5.60 Å².